The summed E-state index contributed by atoms with van der Waals surface area (Å²) in [4.78, 5) is 51.7. The predicted octanol–water partition coefficient (Wildman–Crippen LogP) is 4.07. The highest BCUT2D eigenvalue weighted by Gasteiger charge is 2.72. The molecule has 8 nitrogen and oxygen atoms in total. The van der Waals surface area contributed by atoms with E-state index < -0.39 is 5.41 Å². The number of hydrogen-bond donors (Lipinski definition) is 0. The summed E-state index contributed by atoms with van der Waals surface area (Å²) in [6.45, 7) is 5.99. The SMILES string of the molecule is Cc1nc(C#N)cc(-c2ccnc3cc(CN4C(=O)C5C(C4=O)C5(C)C)sc23)c1C(=O)N1CCC(F)(P)C1. The van der Waals surface area contributed by atoms with Gasteiger partial charge in [-0.15, -0.1) is 11.3 Å². The highest BCUT2D eigenvalue weighted by atomic mass is 32.1. The van der Waals surface area contributed by atoms with E-state index in [-0.39, 0.29) is 66.7 Å². The Balaban J connectivity index is 1.40. The van der Waals surface area contributed by atoms with E-state index in [9.17, 15) is 24.0 Å². The molecular weight excluding hydrogens is 524 g/mol. The normalized spacial score (nSPS) is 25.7. The minimum absolute atomic E-state index is 0.0407. The van der Waals surface area contributed by atoms with Crippen LogP contribution in [0.2, 0.25) is 0 Å². The summed E-state index contributed by atoms with van der Waals surface area (Å²) in [6.07, 6.45) is 1.85. The number of nitrogens with zero attached hydrogens (tertiary/aromatic N) is 5. The van der Waals surface area contributed by atoms with Gasteiger partial charge in [0.15, 0.2) is 0 Å². The molecule has 6 rings (SSSR count). The third kappa shape index (κ3) is 3.75. The first-order chi connectivity index (χ1) is 17.9. The molecule has 0 radical (unpaired) electrons. The van der Waals surface area contributed by atoms with Crippen molar-refractivity contribution in [2.45, 2.75) is 39.1 Å². The molecule has 1 aliphatic carbocycles. The summed E-state index contributed by atoms with van der Waals surface area (Å²) in [7, 11) is 2.18. The molecule has 3 aromatic heterocycles. The quantitative estimate of drug-likeness (QED) is 0.359. The topological polar surface area (TPSA) is 107 Å². The minimum Gasteiger partial charge on any atom is -0.335 e. The van der Waals surface area contributed by atoms with Crippen LogP contribution in [-0.2, 0) is 16.1 Å². The fraction of sp³-hybridized carbons (Fsp3) is 0.407. The first kappa shape index (κ1) is 25.0. The second-order valence-electron chi connectivity index (χ2n) is 11.0. The van der Waals surface area contributed by atoms with Gasteiger partial charge in [0.05, 0.1) is 46.4 Å². The number of piperidine rings is 1. The van der Waals surface area contributed by atoms with Crippen LogP contribution >= 0.6 is 20.6 Å². The van der Waals surface area contributed by atoms with E-state index >= 15 is 0 Å². The van der Waals surface area contributed by atoms with E-state index in [4.69, 9.17) is 0 Å². The summed E-state index contributed by atoms with van der Waals surface area (Å²) in [5, 5.41) is 8.06. The Labute approximate surface area is 225 Å². The Morgan fingerprint density at radius 2 is 1.97 bits per heavy atom. The highest BCUT2D eigenvalue weighted by molar-refractivity contribution is 7.19. The van der Waals surface area contributed by atoms with Gasteiger partial charge in [0.1, 0.15) is 17.2 Å². The molecule has 0 spiro atoms. The van der Waals surface area contributed by atoms with Gasteiger partial charge in [-0.1, -0.05) is 23.1 Å². The maximum Gasteiger partial charge on any atom is 0.256 e. The van der Waals surface area contributed by atoms with Crippen molar-refractivity contribution in [1.29, 1.82) is 5.26 Å². The number of fused-ring (bicyclic) bond motifs is 2. The van der Waals surface area contributed by atoms with Crippen LogP contribution in [0.3, 0.4) is 0 Å². The number of carbonyl (C=O) groups excluding carboxylic acids is 3. The van der Waals surface area contributed by atoms with Gasteiger partial charge >= 0.3 is 0 Å². The Morgan fingerprint density at radius 3 is 2.61 bits per heavy atom. The molecule has 0 aromatic carbocycles. The minimum atomic E-state index is -1.53. The summed E-state index contributed by atoms with van der Waals surface area (Å²) < 4.78 is 15.3. The standard InChI is InChI=1S/C27H25FN5O3PS/c1-13-19(23(34)32-7-5-27(28,37)12-32)17(8-14(10-29)31-13)16-4-6-30-18-9-15(38-22(16)18)11-33-24(35)20-21(25(33)36)26(20,2)3/h4,6,8-9,20-21H,5,7,11-12,37H2,1-3H3. The zero-order chi connectivity index (χ0) is 27.1. The second-order valence-corrected chi connectivity index (χ2v) is 13.1. The number of alkyl halides is 1. The Morgan fingerprint density at radius 1 is 1.26 bits per heavy atom. The Kier molecular flexibility index (Phi) is 5.50. The molecule has 2 aliphatic heterocycles. The van der Waals surface area contributed by atoms with E-state index in [1.54, 1.807) is 25.3 Å². The Bertz CT molecular complexity index is 1590. The van der Waals surface area contributed by atoms with Gasteiger partial charge in [0.2, 0.25) is 11.8 Å². The smallest absolute Gasteiger partial charge is 0.256 e. The largest absolute Gasteiger partial charge is 0.335 e. The zero-order valence-electron chi connectivity index (χ0n) is 21.1. The van der Waals surface area contributed by atoms with Crippen LogP contribution in [0.25, 0.3) is 21.3 Å². The van der Waals surface area contributed by atoms with Crippen molar-refractivity contribution in [2.24, 2.45) is 17.3 Å². The van der Waals surface area contributed by atoms with Crippen LogP contribution in [0.5, 0.6) is 0 Å². The van der Waals surface area contributed by atoms with Crippen molar-refractivity contribution in [1.82, 2.24) is 19.8 Å². The lowest BCUT2D eigenvalue weighted by Crippen LogP contribution is -2.35. The number of thiophene rings is 1. The number of aryl methyl sites for hydroxylation is 1. The molecule has 3 fully saturated rings. The van der Waals surface area contributed by atoms with Crippen LogP contribution in [0.1, 0.15) is 46.9 Å². The second kappa shape index (κ2) is 8.36. The molecule has 11 heteroatoms. The number of amides is 3. The molecule has 4 unspecified atom stereocenters. The van der Waals surface area contributed by atoms with Crippen molar-refractivity contribution in [2.75, 3.05) is 13.1 Å². The fourth-order valence-corrected chi connectivity index (χ4v) is 7.41. The summed E-state index contributed by atoms with van der Waals surface area (Å²) in [5.41, 5.74) is 2.48. The van der Waals surface area contributed by atoms with Gasteiger partial charge < -0.3 is 4.90 Å². The summed E-state index contributed by atoms with van der Waals surface area (Å²) in [5.74, 6) is -1.09. The molecule has 4 atom stereocenters. The van der Waals surface area contributed by atoms with E-state index in [1.807, 2.05) is 19.9 Å². The zero-order valence-corrected chi connectivity index (χ0v) is 23.1. The number of likely N-dealkylation sites (tertiary alicyclic amines) is 2. The predicted molar refractivity (Wildman–Crippen MR) is 143 cm³/mol. The van der Waals surface area contributed by atoms with Gasteiger partial charge in [-0.25, -0.2) is 9.37 Å². The number of aromatic nitrogens is 2. The number of pyridine rings is 2. The van der Waals surface area contributed by atoms with Crippen LogP contribution < -0.4 is 0 Å². The third-order valence-corrected chi connectivity index (χ3v) is 9.64. The molecular formula is C27H25FN5O3PS. The summed E-state index contributed by atoms with van der Waals surface area (Å²) in [6, 6.07) is 7.27. The number of rotatable bonds is 4. The molecule has 5 heterocycles. The van der Waals surface area contributed by atoms with Crippen molar-refractivity contribution in [3.05, 3.63) is 46.2 Å². The van der Waals surface area contributed by atoms with E-state index in [0.717, 1.165) is 9.58 Å². The number of carbonyl (C=O) groups is 3. The van der Waals surface area contributed by atoms with Gasteiger partial charge in [-0.2, -0.15) is 5.26 Å². The van der Waals surface area contributed by atoms with Crippen LogP contribution in [0.4, 0.5) is 4.39 Å². The highest BCUT2D eigenvalue weighted by Crippen LogP contribution is 2.63. The van der Waals surface area contributed by atoms with Gasteiger partial charge in [0.25, 0.3) is 5.91 Å². The van der Waals surface area contributed by atoms with Crippen molar-refractivity contribution >= 4 is 48.5 Å². The monoisotopic (exact) mass is 549 g/mol. The van der Waals surface area contributed by atoms with Gasteiger partial charge in [-0.05, 0) is 30.5 Å². The maximum atomic E-state index is 14.5. The first-order valence-electron chi connectivity index (χ1n) is 12.3. The number of hydrogen-bond acceptors (Lipinski definition) is 7. The maximum absolute atomic E-state index is 14.5. The van der Waals surface area contributed by atoms with Gasteiger partial charge in [0, 0.05) is 35.2 Å². The molecule has 0 N–H and O–H groups in total. The lowest BCUT2D eigenvalue weighted by molar-refractivity contribution is -0.143. The summed E-state index contributed by atoms with van der Waals surface area (Å²) >= 11 is 1.40. The molecule has 3 aliphatic rings. The third-order valence-electron chi connectivity index (χ3n) is 8.03. The van der Waals surface area contributed by atoms with Gasteiger partial charge in [-0.3, -0.25) is 24.3 Å². The van der Waals surface area contributed by atoms with E-state index in [2.05, 4.69) is 25.3 Å². The van der Waals surface area contributed by atoms with Crippen LogP contribution in [0.15, 0.2) is 24.4 Å². The number of nitriles is 1. The number of halogens is 1. The lowest BCUT2D eigenvalue weighted by Gasteiger charge is -2.21. The molecule has 194 valence electrons. The van der Waals surface area contributed by atoms with E-state index in [0.29, 0.717) is 27.9 Å². The molecule has 38 heavy (non-hydrogen) atoms. The first-order valence-corrected chi connectivity index (χ1v) is 13.7. The van der Waals surface area contributed by atoms with E-state index in [1.165, 1.54) is 21.1 Å². The van der Waals surface area contributed by atoms with Crippen molar-refractivity contribution in [3.8, 4) is 17.2 Å². The fourth-order valence-electron chi connectivity index (χ4n) is 5.93. The Hall–Kier alpha value is -3.28. The average Bonchev–Trinajstić information content (AvgIpc) is 3.20. The molecule has 1 saturated carbocycles. The number of imide groups is 1. The average molecular weight is 550 g/mol. The van der Waals surface area contributed by atoms with Crippen molar-refractivity contribution < 1.29 is 18.8 Å². The molecule has 0 bridgehead atoms. The van der Waals surface area contributed by atoms with Crippen molar-refractivity contribution in [3.63, 3.8) is 0 Å². The molecule has 3 amide bonds. The van der Waals surface area contributed by atoms with Crippen LogP contribution in [-0.4, -0.2) is 56.0 Å². The lowest BCUT2D eigenvalue weighted by atomic mass is 9.97. The molecule has 2 saturated heterocycles. The van der Waals surface area contributed by atoms with Crippen LogP contribution in [0, 0.1) is 35.5 Å². The molecule has 3 aromatic rings.